The molecule has 1 aromatic heterocycles. The van der Waals surface area contributed by atoms with Gasteiger partial charge in [-0.1, -0.05) is 35.0 Å². The first-order valence-corrected chi connectivity index (χ1v) is 8.98. The SMILES string of the molecule is Cc1ccc(NC(=O)Cn2nnc(C(=O)Nc3cc(C)ccc3C)c2C)cc1. The predicted octanol–water partition coefficient (Wildman–Crippen LogP) is 3.40. The molecule has 3 rings (SSSR count). The van der Waals surface area contributed by atoms with Gasteiger partial charge >= 0.3 is 0 Å². The van der Waals surface area contributed by atoms with Crippen LogP contribution in [0.25, 0.3) is 0 Å². The first-order chi connectivity index (χ1) is 13.3. The Morgan fingerprint density at radius 1 is 0.929 bits per heavy atom. The van der Waals surface area contributed by atoms with Gasteiger partial charge < -0.3 is 10.6 Å². The molecule has 0 radical (unpaired) electrons. The highest BCUT2D eigenvalue weighted by atomic mass is 16.2. The van der Waals surface area contributed by atoms with E-state index in [0.29, 0.717) is 11.4 Å². The van der Waals surface area contributed by atoms with Crippen LogP contribution in [0.1, 0.15) is 32.9 Å². The molecule has 0 aliphatic heterocycles. The number of benzene rings is 2. The van der Waals surface area contributed by atoms with Crippen LogP contribution in [0.5, 0.6) is 0 Å². The van der Waals surface area contributed by atoms with Gasteiger partial charge in [-0.15, -0.1) is 5.10 Å². The number of hydrogen-bond acceptors (Lipinski definition) is 4. The van der Waals surface area contributed by atoms with Gasteiger partial charge in [-0.25, -0.2) is 4.68 Å². The fourth-order valence-corrected chi connectivity index (χ4v) is 2.75. The molecule has 7 nitrogen and oxygen atoms in total. The smallest absolute Gasteiger partial charge is 0.278 e. The summed E-state index contributed by atoms with van der Waals surface area (Å²) in [5, 5.41) is 13.6. The number of aromatic nitrogens is 3. The quantitative estimate of drug-likeness (QED) is 0.713. The van der Waals surface area contributed by atoms with E-state index < -0.39 is 0 Å². The number of carbonyl (C=O) groups excluding carboxylic acids is 2. The van der Waals surface area contributed by atoms with Crippen LogP contribution in [0.3, 0.4) is 0 Å². The molecule has 0 aliphatic carbocycles. The number of rotatable bonds is 5. The Labute approximate surface area is 163 Å². The molecule has 0 fully saturated rings. The summed E-state index contributed by atoms with van der Waals surface area (Å²) in [6.45, 7) is 7.56. The van der Waals surface area contributed by atoms with Crippen LogP contribution in [0.4, 0.5) is 11.4 Å². The molecular weight excluding hydrogens is 354 g/mol. The number of hydrogen-bond donors (Lipinski definition) is 2. The number of nitrogens with one attached hydrogen (secondary N) is 2. The number of carbonyl (C=O) groups is 2. The molecule has 0 spiro atoms. The first-order valence-electron chi connectivity index (χ1n) is 8.98. The van der Waals surface area contributed by atoms with E-state index in [2.05, 4.69) is 20.9 Å². The van der Waals surface area contributed by atoms with Gasteiger partial charge in [-0.3, -0.25) is 9.59 Å². The Balaban J connectivity index is 1.69. The predicted molar refractivity (Wildman–Crippen MR) is 108 cm³/mol. The van der Waals surface area contributed by atoms with Gasteiger partial charge in [-0.05, 0) is 57.0 Å². The van der Waals surface area contributed by atoms with Crippen LogP contribution >= 0.6 is 0 Å². The molecule has 2 amide bonds. The van der Waals surface area contributed by atoms with E-state index in [4.69, 9.17) is 0 Å². The molecule has 0 saturated carbocycles. The summed E-state index contributed by atoms with van der Waals surface area (Å²) in [5.74, 6) is -0.588. The maximum absolute atomic E-state index is 12.6. The van der Waals surface area contributed by atoms with Crippen LogP contribution in [0.2, 0.25) is 0 Å². The van der Waals surface area contributed by atoms with Crippen molar-refractivity contribution in [2.24, 2.45) is 0 Å². The van der Waals surface area contributed by atoms with Crippen LogP contribution in [-0.2, 0) is 11.3 Å². The topological polar surface area (TPSA) is 88.9 Å². The van der Waals surface area contributed by atoms with Crippen LogP contribution in [-0.4, -0.2) is 26.8 Å². The molecule has 1 heterocycles. The lowest BCUT2D eigenvalue weighted by Gasteiger charge is -2.09. The first kappa shape index (κ1) is 19.3. The van der Waals surface area contributed by atoms with E-state index in [0.717, 1.165) is 22.4 Å². The summed E-state index contributed by atoms with van der Waals surface area (Å²) in [4.78, 5) is 24.9. The van der Waals surface area contributed by atoms with Gasteiger partial charge in [0.2, 0.25) is 5.91 Å². The second-order valence-corrected chi connectivity index (χ2v) is 6.87. The van der Waals surface area contributed by atoms with Crippen molar-refractivity contribution in [2.75, 3.05) is 10.6 Å². The lowest BCUT2D eigenvalue weighted by atomic mass is 10.1. The lowest BCUT2D eigenvalue weighted by molar-refractivity contribution is -0.117. The van der Waals surface area contributed by atoms with Gasteiger partial charge in [0, 0.05) is 11.4 Å². The summed E-state index contributed by atoms with van der Waals surface area (Å²) in [7, 11) is 0. The Morgan fingerprint density at radius 2 is 1.61 bits per heavy atom. The van der Waals surface area contributed by atoms with Crippen molar-refractivity contribution in [3.05, 3.63) is 70.5 Å². The lowest BCUT2D eigenvalue weighted by Crippen LogP contribution is -2.21. The second kappa shape index (κ2) is 8.04. The summed E-state index contributed by atoms with van der Waals surface area (Å²) in [6, 6.07) is 13.4. The Kier molecular flexibility index (Phi) is 5.54. The highest BCUT2D eigenvalue weighted by molar-refractivity contribution is 6.04. The summed E-state index contributed by atoms with van der Waals surface area (Å²) < 4.78 is 1.42. The highest BCUT2D eigenvalue weighted by Crippen LogP contribution is 2.18. The van der Waals surface area contributed by atoms with Crippen LogP contribution < -0.4 is 10.6 Å². The van der Waals surface area contributed by atoms with E-state index >= 15 is 0 Å². The molecule has 2 aromatic carbocycles. The van der Waals surface area contributed by atoms with Crippen molar-refractivity contribution in [1.82, 2.24) is 15.0 Å². The second-order valence-electron chi connectivity index (χ2n) is 6.87. The zero-order chi connectivity index (χ0) is 20.3. The standard InChI is InChI=1S/C21H23N5O2/c1-13-6-9-17(10-7-13)22-19(27)12-26-16(4)20(24-25-26)21(28)23-18-11-14(2)5-8-15(18)3/h5-11H,12H2,1-4H3,(H,22,27)(H,23,28). The number of nitrogens with zero attached hydrogens (tertiary/aromatic N) is 3. The summed E-state index contributed by atoms with van der Waals surface area (Å²) in [5.41, 5.74) is 5.29. The van der Waals surface area contributed by atoms with Crippen molar-refractivity contribution in [3.8, 4) is 0 Å². The normalized spacial score (nSPS) is 10.6. The van der Waals surface area contributed by atoms with E-state index in [9.17, 15) is 9.59 Å². The van der Waals surface area contributed by atoms with Crippen molar-refractivity contribution < 1.29 is 9.59 Å². The maximum atomic E-state index is 12.6. The van der Waals surface area contributed by atoms with E-state index in [1.807, 2.05) is 63.2 Å². The van der Waals surface area contributed by atoms with Crippen molar-refractivity contribution in [2.45, 2.75) is 34.2 Å². The molecule has 7 heteroatoms. The zero-order valence-electron chi connectivity index (χ0n) is 16.4. The van der Waals surface area contributed by atoms with Crippen molar-refractivity contribution in [3.63, 3.8) is 0 Å². The zero-order valence-corrected chi connectivity index (χ0v) is 16.4. The third kappa shape index (κ3) is 4.43. The third-order valence-corrected chi connectivity index (χ3v) is 4.47. The molecule has 0 unspecified atom stereocenters. The fraction of sp³-hybridized carbons (Fsp3) is 0.238. The molecule has 3 aromatic rings. The van der Waals surface area contributed by atoms with Crippen molar-refractivity contribution in [1.29, 1.82) is 0 Å². The Bertz CT molecular complexity index is 1020. The molecular formula is C21H23N5O2. The molecule has 2 N–H and O–H groups in total. The number of aryl methyl sites for hydroxylation is 3. The Hall–Kier alpha value is -3.48. The summed E-state index contributed by atoms with van der Waals surface area (Å²) >= 11 is 0. The number of anilines is 2. The largest absolute Gasteiger partial charge is 0.324 e. The van der Waals surface area contributed by atoms with Gasteiger partial charge in [0.1, 0.15) is 6.54 Å². The molecule has 144 valence electrons. The molecule has 0 saturated heterocycles. The fourth-order valence-electron chi connectivity index (χ4n) is 2.75. The molecule has 0 atom stereocenters. The molecule has 0 bridgehead atoms. The summed E-state index contributed by atoms with van der Waals surface area (Å²) in [6.07, 6.45) is 0. The van der Waals surface area contributed by atoms with E-state index in [-0.39, 0.29) is 24.1 Å². The van der Waals surface area contributed by atoms with E-state index in [1.54, 1.807) is 6.92 Å². The average molecular weight is 377 g/mol. The van der Waals surface area contributed by atoms with E-state index in [1.165, 1.54) is 4.68 Å². The Morgan fingerprint density at radius 3 is 2.32 bits per heavy atom. The molecule has 0 aliphatic rings. The van der Waals surface area contributed by atoms with Gasteiger partial charge in [0.15, 0.2) is 5.69 Å². The van der Waals surface area contributed by atoms with Gasteiger partial charge in [0.25, 0.3) is 5.91 Å². The van der Waals surface area contributed by atoms with Gasteiger partial charge in [0.05, 0.1) is 5.69 Å². The van der Waals surface area contributed by atoms with Crippen LogP contribution in [0.15, 0.2) is 42.5 Å². The van der Waals surface area contributed by atoms with Gasteiger partial charge in [-0.2, -0.15) is 0 Å². The minimum Gasteiger partial charge on any atom is -0.324 e. The van der Waals surface area contributed by atoms with Crippen LogP contribution in [0, 0.1) is 27.7 Å². The minimum atomic E-state index is -0.351. The average Bonchev–Trinajstić information content (AvgIpc) is 3.00. The van der Waals surface area contributed by atoms with Crippen molar-refractivity contribution >= 4 is 23.2 Å². The monoisotopic (exact) mass is 377 g/mol. The highest BCUT2D eigenvalue weighted by Gasteiger charge is 2.18. The third-order valence-electron chi connectivity index (χ3n) is 4.47. The minimum absolute atomic E-state index is 0.0243. The molecule has 28 heavy (non-hydrogen) atoms. The maximum Gasteiger partial charge on any atom is 0.278 e. The number of amides is 2.